The molecule has 0 fully saturated rings. The number of carbonyl (C=O) groups excluding carboxylic acids is 1. The Morgan fingerprint density at radius 1 is 0.976 bits per heavy atom. The van der Waals surface area contributed by atoms with E-state index >= 15 is 0 Å². The molecule has 2 aromatic heterocycles. The van der Waals surface area contributed by atoms with Crippen molar-refractivity contribution in [2.75, 3.05) is 0 Å². The smallest absolute Gasteiger partial charge is 0.163 e. The van der Waals surface area contributed by atoms with Crippen LogP contribution in [0.4, 0.5) is 0 Å². The summed E-state index contributed by atoms with van der Waals surface area (Å²) in [6.45, 7) is 12.8. The molecule has 0 aliphatic rings. The third-order valence-electron chi connectivity index (χ3n) is 8.50. The van der Waals surface area contributed by atoms with Gasteiger partial charge < -0.3 is 14.5 Å². The van der Waals surface area contributed by atoms with Gasteiger partial charge in [0.2, 0.25) is 0 Å². The number of phenols is 1. The Bertz CT molecular complexity index is 1890. The van der Waals surface area contributed by atoms with E-state index in [1.165, 1.54) is 23.9 Å². The molecule has 0 spiro atoms. The van der Waals surface area contributed by atoms with Crippen molar-refractivity contribution >= 4 is 38.5 Å². The third kappa shape index (κ3) is 5.77. The number of hydrogen-bond donors (Lipinski definition) is 1. The molecule has 217 valence electrons. The molecule has 1 radical (unpaired) electrons. The zero-order valence-electron chi connectivity index (χ0n) is 24.9. The Morgan fingerprint density at radius 2 is 1.69 bits per heavy atom. The van der Waals surface area contributed by atoms with Crippen molar-refractivity contribution in [2.45, 2.75) is 53.4 Å². The number of carbonyl (C=O) groups is 1. The molecule has 0 amide bonds. The topological polar surface area (TPSA) is 63.3 Å². The van der Waals surface area contributed by atoms with Crippen LogP contribution >= 0.6 is 0 Å². The number of phenolic OH excluding ortho intramolecular Hbond substituents is 1. The van der Waals surface area contributed by atoms with E-state index in [1.54, 1.807) is 18.2 Å². The van der Waals surface area contributed by atoms with Crippen molar-refractivity contribution in [3.63, 3.8) is 0 Å². The van der Waals surface area contributed by atoms with Crippen molar-refractivity contribution in [3.8, 4) is 17.0 Å². The van der Waals surface area contributed by atoms with Crippen LogP contribution in [0.15, 0.2) is 89.5 Å². The summed E-state index contributed by atoms with van der Waals surface area (Å²) in [6, 6.07) is 29.4. The number of furan rings is 1. The van der Waals surface area contributed by atoms with Gasteiger partial charge in [0.25, 0.3) is 0 Å². The van der Waals surface area contributed by atoms with E-state index in [0.29, 0.717) is 11.5 Å². The third-order valence-corrected chi connectivity index (χ3v) is 8.50. The summed E-state index contributed by atoms with van der Waals surface area (Å²) in [5, 5.41) is 13.7. The van der Waals surface area contributed by atoms with E-state index in [0.717, 1.165) is 50.6 Å². The van der Waals surface area contributed by atoms with Crippen LogP contribution in [0, 0.1) is 18.9 Å². The van der Waals surface area contributed by atoms with Crippen LogP contribution in [0.25, 0.3) is 44.0 Å². The van der Waals surface area contributed by atoms with Gasteiger partial charge in [-0.3, -0.25) is 4.79 Å². The number of pyridine rings is 1. The zero-order chi connectivity index (χ0) is 29.3. The molecular weight excluding hydrogens is 699 g/mol. The minimum Gasteiger partial charge on any atom is -0.507 e. The Morgan fingerprint density at radius 3 is 2.36 bits per heavy atom. The number of benzene rings is 4. The molecule has 42 heavy (non-hydrogen) atoms. The fourth-order valence-corrected chi connectivity index (χ4v) is 5.52. The molecule has 1 atom stereocenters. The van der Waals surface area contributed by atoms with Gasteiger partial charge in [0, 0.05) is 31.7 Å². The van der Waals surface area contributed by atoms with E-state index in [4.69, 9.17) is 14.5 Å². The minimum absolute atomic E-state index is 0. The van der Waals surface area contributed by atoms with Crippen molar-refractivity contribution < 1.29 is 34.4 Å². The van der Waals surface area contributed by atoms with E-state index in [1.807, 2.05) is 18.3 Å². The maximum Gasteiger partial charge on any atom is 0.163 e. The molecule has 0 saturated carbocycles. The van der Waals surface area contributed by atoms with Gasteiger partial charge in [0.1, 0.15) is 11.3 Å². The summed E-state index contributed by atoms with van der Waals surface area (Å²) in [4.78, 5) is 15.5. The molecular formula is C37H36IrNO3-. The number of nitrogens with zero attached hydrogens (tertiary/aromatic N) is 1. The molecule has 0 saturated heterocycles. The first-order valence-corrected chi connectivity index (χ1v) is 14.2. The second kappa shape index (κ2) is 12.6. The SMILES string of the molecule is CC(=O)c1ccccc1O.CCC(C)(c1ccc2c(-c3[c-]c(C)cc4c3oc3ccccc34)nccc2c1)C(C)C.[Ir]. The molecule has 0 aliphatic heterocycles. The summed E-state index contributed by atoms with van der Waals surface area (Å²) < 4.78 is 6.30. The van der Waals surface area contributed by atoms with Gasteiger partial charge >= 0.3 is 0 Å². The van der Waals surface area contributed by atoms with Gasteiger partial charge in [0.05, 0.1) is 11.1 Å². The number of hydrogen-bond acceptors (Lipinski definition) is 4. The van der Waals surface area contributed by atoms with Crippen LogP contribution in [0.3, 0.4) is 0 Å². The summed E-state index contributed by atoms with van der Waals surface area (Å²) in [5.74, 6) is 0.504. The number of ketones is 1. The molecule has 0 aliphatic carbocycles. The zero-order valence-corrected chi connectivity index (χ0v) is 27.3. The van der Waals surface area contributed by atoms with Crippen LogP contribution in [0.5, 0.6) is 5.75 Å². The molecule has 6 aromatic rings. The number of rotatable bonds is 5. The van der Waals surface area contributed by atoms with Crippen molar-refractivity contribution in [1.82, 2.24) is 4.98 Å². The van der Waals surface area contributed by atoms with Crippen molar-refractivity contribution in [3.05, 3.63) is 108 Å². The average Bonchev–Trinajstić information content (AvgIpc) is 3.34. The van der Waals surface area contributed by atoms with E-state index in [-0.39, 0.29) is 37.1 Å². The number of aromatic nitrogens is 1. The standard InChI is InChI=1S/C29H28NO.C8H8O2.Ir/c1-6-29(5,18(2)3)21-11-12-22-20(17-21)13-14-30-27(22)25-16-19(4)15-24-23-9-7-8-10-26(23)31-28(24)25;1-6(9)7-4-2-3-5-8(7)10;/h7-15,17-18H,6H2,1-5H3;2-5,10H,1H3;/q-1;;. The summed E-state index contributed by atoms with van der Waals surface area (Å²) in [5.41, 5.74) is 6.62. The van der Waals surface area contributed by atoms with E-state index in [2.05, 4.69) is 83.1 Å². The van der Waals surface area contributed by atoms with Crippen LogP contribution in [-0.4, -0.2) is 15.9 Å². The van der Waals surface area contributed by atoms with E-state index < -0.39 is 0 Å². The molecule has 1 N–H and O–H groups in total. The Labute approximate surface area is 261 Å². The minimum atomic E-state index is -0.113. The molecule has 2 heterocycles. The van der Waals surface area contributed by atoms with Crippen LogP contribution < -0.4 is 0 Å². The molecule has 5 heteroatoms. The van der Waals surface area contributed by atoms with Gasteiger partial charge in [-0.25, -0.2) is 0 Å². The van der Waals surface area contributed by atoms with E-state index in [9.17, 15) is 4.79 Å². The van der Waals surface area contributed by atoms with Gasteiger partial charge in [0.15, 0.2) is 5.78 Å². The first kappa shape index (κ1) is 31.2. The molecule has 4 nitrogen and oxygen atoms in total. The van der Waals surface area contributed by atoms with Crippen LogP contribution in [-0.2, 0) is 25.5 Å². The fraction of sp³-hybridized carbons (Fsp3) is 0.243. The van der Waals surface area contributed by atoms with Crippen molar-refractivity contribution in [2.24, 2.45) is 5.92 Å². The second-order valence-electron chi connectivity index (χ2n) is 11.3. The first-order chi connectivity index (χ1) is 19.6. The number of Topliss-reactive ketones (excluding diaryl/α,β-unsaturated/α-hetero) is 1. The maximum atomic E-state index is 10.7. The van der Waals surface area contributed by atoms with Gasteiger partial charge in [-0.2, -0.15) is 0 Å². The van der Waals surface area contributed by atoms with Gasteiger partial charge in [-0.15, -0.1) is 17.7 Å². The van der Waals surface area contributed by atoms with Crippen molar-refractivity contribution in [1.29, 1.82) is 0 Å². The Kier molecular flexibility index (Phi) is 9.35. The predicted octanol–water partition coefficient (Wildman–Crippen LogP) is 9.83. The summed E-state index contributed by atoms with van der Waals surface area (Å²) in [7, 11) is 0. The fourth-order valence-electron chi connectivity index (χ4n) is 5.52. The monoisotopic (exact) mass is 735 g/mol. The normalized spacial score (nSPS) is 12.5. The van der Waals surface area contributed by atoms with Gasteiger partial charge in [-0.05, 0) is 71.0 Å². The second-order valence-corrected chi connectivity index (χ2v) is 11.3. The van der Waals surface area contributed by atoms with Crippen LogP contribution in [0.2, 0.25) is 0 Å². The molecule has 4 aromatic carbocycles. The largest absolute Gasteiger partial charge is 0.507 e. The molecule has 1 unspecified atom stereocenters. The number of aryl methyl sites for hydroxylation is 1. The quantitative estimate of drug-likeness (QED) is 0.142. The average molecular weight is 735 g/mol. The number of para-hydroxylation sites is 2. The Hall–Kier alpha value is -3.79. The molecule has 0 bridgehead atoms. The van der Waals surface area contributed by atoms with Crippen LogP contribution in [0.1, 0.15) is 62.5 Å². The maximum absolute atomic E-state index is 10.7. The van der Waals surface area contributed by atoms with Gasteiger partial charge in [-0.1, -0.05) is 94.1 Å². The number of fused-ring (bicyclic) bond motifs is 4. The summed E-state index contributed by atoms with van der Waals surface area (Å²) in [6.07, 6.45) is 3.02. The first-order valence-electron chi connectivity index (χ1n) is 14.2. The predicted molar refractivity (Wildman–Crippen MR) is 169 cm³/mol. The number of aromatic hydroxyl groups is 1. The summed E-state index contributed by atoms with van der Waals surface area (Å²) >= 11 is 0. The Balaban J connectivity index is 0.000000314. The molecule has 6 rings (SSSR count).